The standard InChI is InChI=1S/C25H24ClFN4O5S/c1-28(25(37)34-2)22-14-31(24(33)36-22)17-4-5-19(18(27)13-17)29-7-9-30(10-8-29)23(32)21-12-15-11-16(26)3-6-20(15)35-21/h3-6,11-13,22H,7-10,14H2,1-2H3/t22-/m0/s1. The van der Waals surface area contributed by atoms with Crippen LogP contribution in [0.2, 0.25) is 5.02 Å². The van der Waals surface area contributed by atoms with Crippen molar-refractivity contribution in [3.8, 4) is 0 Å². The van der Waals surface area contributed by atoms with Crippen LogP contribution >= 0.6 is 23.8 Å². The van der Waals surface area contributed by atoms with Crippen LogP contribution in [-0.4, -0.2) is 80.1 Å². The van der Waals surface area contributed by atoms with Gasteiger partial charge in [-0.1, -0.05) is 11.6 Å². The number of rotatable bonds is 4. The highest BCUT2D eigenvalue weighted by Gasteiger charge is 2.36. The molecular weight excluding hydrogens is 523 g/mol. The van der Waals surface area contributed by atoms with E-state index in [1.54, 1.807) is 48.3 Å². The van der Waals surface area contributed by atoms with Gasteiger partial charge in [0, 0.05) is 43.6 Å². The Morgan fingerprint density at radius 3 is 2.62 bits per heavy atom. The first kappa shape index (κ1) is 25.1. The van der Waals surface area contributed by atoms with E-state index < -0.39 is 18.1 Å². The summed E-state index contributed by atoms with van der Waals surface area (Å²) in [5.41, 5.74) is 1.37. The molecule has 37 heavy (non-hydrogen) atoms. The number of fused-ring (bicyclic) bond motifs is 1. The summed E-state index contributed by atoms with van der Waals surface area (Å²) in [4.78, 5) is 31.8. The number of amides is 2. The number of ether oxygens (including phenoxy) is 2. The van der Waals surface area contributed by atoms with E-state index in [0.717, 1.165) is 5.39 Å². The minimum absolute atomic E-state index is 0.173. The lowest BCUT2D eigenvalue weighted by Crippen LogP contribution is -2.49. The summed E-state index contributed by atoms with van der Waals surface area (Å²) in [5.74, 6) is -0.444. The number of nitrogens with zero attached hydrogens (tertiary/aromatic N) is 4. The van der Waals surface area contributed by atoms with Crippen molar-refractivity contribution in [1.29, 1.82) is 0 Å². The van der Waals surface area contributed by atoms with Gasteiger partial charge < -0.3 is 23.7 Å². The molecule has 2 saturated heterocycles. The Morgan fingerprint density at radius 2 is 1.92 bits per heavy atom. The van der Waals surface area contributed by atoms with Gasteiger partial charge in [-0.25, -0.2) is 9.18 Å². The highest BCUT2D eigenvalue weighted by atomic mass is 35.5. The minimum Gasteiger partial charge on any atom is -0.474 e. The lowest BCUT2D eigenvalue weighted by molar-refractivity contribution is 0.0677. The monoisotopic (exact) mass is 546 g/mol. The zero-order valence-corrected chi connectivity index (χ0v) is 21.7. The predicted molar refractivity (Wildman–Crippen MR) is 141 cm³/mol. The van der Waals surface area contributed by atoms with Gasteiger partial charge in [-0.2, -0.15) is 0 Å². The number of hydrogen-bond acceptors (Lipinski definition) is 7. The van der Waals surface area contributed by atoms with E-state index in [4.69, 9.17) is 37.7 Å². The number of carbonyl (C=O) groups excluding carboxylic acids is 2. The zero-order valence-electron chi connectivity index (χ0n) is 20.1. The molecule has 3 heterocycles. The maximum absolute atomic E-state index is 15.1. The Morgan fingerprint density at radius 1 is 1.16 bits per heavy atom. The van der Waals surface area contributed by atoms with Gasteiger partial charge in [0.25, 0.3) is 11.1 Å². The highest BCUT2D eigenvalue weighted by molar-refractivity contribution is 7.80. The number of piperazine rings is 1. The van der Waals surface area contributed by atoms with Crippen molar-refractivity contribution in [2.24, 2.45) is 0 Å². The van der Waals surface area contributed by atoms with Crippen LogP contribution in [0.5, 0.6) is 0 Å². The number of likely N-dealkylation sites (N-methyl/N-ethyl adjacent to an activating group) is 1. The summed E-state index contributed by atoms with van der Waals surface area (Å²) in [6.45, 7) is 1.88. The molecule has 1 atom stereocenters. The second-order valence-electron chi connectivity index (χ2n) is 8.74. The third-order valence-corrected chi connectivity index (χ3v) is 7.22. The molecule has 5 rings (SSSR count). The number of carbonyl (C=O) groups is 2. The molecule has 0 spiro atoms. The molecule has 2 fully saturated rings. The second kappa shape index (κ2) is 10.1. The number of halogens is 2. The summed E-state index contributed by atoms with van der Waals surface area (Å²) in [6.07, 6.45) is -1.24. The lowest BCUT2D eigenvalue weighted by atomic mass is 10.2. The number of methoxy groups -OCH3 is 1. The van der Waals surface area contributed by atoms with Gasteiger partial charge in [0.1, 0.15) is 11.4 Å². The number of cyclic esters (lactones) is 1. The van der Waals surface area contributed by atoms with E-state index in [2.05, 4.69) is 0 Å². The van der Waals surface area contributed by atoms with Crippen molar-refractivity contribution in [2.75, 3.05) is 56.7 Å². The quantitative estimate of drug-likeness (QED) is 0.447. The average molecular weight is 547 g/mol. The lowest BCUT2D eigenvalue weighted by Gasteiger charge is -2.36. The Hall–Kier alpha value is -3.57. The van der Waals surface area contributed by atoms with Crippen molar-refractivity contribution in [3.05, 3.63) is 59.1 Å². The fourth-order valence-electron chi connectivity index (χ4n) is 4.47. The van der Waals surface area contributed by atoms with Crippen molar-refractivity contribution >= 4 is 63.3 Å². The molecule has 12 heteroatoms. The maximum atomic E-state index is 15.1. The molecule has 0 N–H and O–H groups in total. The average Bonchev–Trinajstić information content (AvgIpc) is 3.50. The largest absolute Gasteiger partial charge is 0.474 e. The fraction of sp³-hybridized carbons (Fsp3) is 0.320. The number of anilines is 2. The molecule has 1 aromatic heterocycles. The Kier molecular flexibility index (Phi) is 6.82. The molecule has 2 aliphatic heterocycles. The smallest absolute Gasteiger partial charge is 0.416 e. The first-order valence-corrected chi connectivity index (χ1v) is 12.4. The van der Waals surface area contributed by atoms with Crippen LogP contribution in [0.25, 0.3) is 11.0 Å². The normalized spacial score (nSPS) is 17.8. The first-order valence-electron chi connectivity index (χ1n) is 11.6. The van der Waals surface area contributed by atoms with Gasteiger partial charge >= 0.3 is 6.09 Å². The van der Waals surface area contributed by atoms with Crippen molar-refractivity contribution < 1.29 is 27.9 Å². The van der Waals surface area contributed by atoms with Gasteiger partial charge in [-0.3, -0.25) is 14.6 Å². The van der Waals surface area contributed by atoms with E-state index >= 15 is 4.39 Å². The molecule has 0 radical (unpaired) electrons. The molecule has 9 nitrogen and oxygen atoms in total. The third kappa shape index (κ3) is 4.88. The molecule has 194 valence electrons. The van der Waals surface area contributed by atoms with Crippen LogP contribution in [-0.2, 0) is 9.47 Å². The van der Waals surface area contributed by atoms with Gasteiger partial charge in [0.2, 0.25) is 0 Å². The van der Waals surface area contributed by atoms with Crippen LogP contribution in [0.15, 0.2) is 46.9 Å². The van der Waals surface area contributed by atoms with Crippen molar-refractivity contribution in [2.45, 2.75) is 6.23 Å². The maximum Gasteiger partial charge on any atom is 0.416 e. The third-order valence-electron chi connectivity index (χ3n) is 6.53. The first-order chi connectivity index (χ1) is 17.7. The molecule has 2 amide bonds. The Balaban J connectivity index is 1.23. The molecule has 0 saturated carbocycles. The van der Waals surface area contributed by atoms with E-state index in [-0.39, 0.29) is 23.4 Å². The summed E-state index contributed by atoms with van der Waals surface area (Å²) < 4.78 is 31.2. The van der Waals surface area contributed by atoms with Crippen molar-refractivity contribution in [1.82, 2.24) is 9.80 Å². The van der Waals surface area contributed by atoms with E-state index in [9.17, 15) is 9.59 Å². The molecule has 2 aliphatic rings. The Labute approximate surface area is 222 Å². The van der Waals surface area contributed by atoms with Crippen LogP contribution in [0, 0.1) is 5.82 Å². The Bertz CT molecular complexity index is 1380. The van der Waals surface area contributed by atoms with Gasteiger partial charge in [-0.05, 0) is 54.7 Å². The molecule has 0 bridgehead atoms. The molecule has 2 aromatic carbocycles. The van der Waals surface area contributed by atoms with Gasteiger partial charge in [0.05, 0.1) is 25.0 Å². The van der Waals surface area contributed by atoms with E-state index in [0.29, 0.717) is 48.2 Å². The van der Waals surface area contributed by atoms with Crippen LogP contribution < -0.4 is 9.80 Å². The number of benzene rings is 2. The van der Waals surface area contributed by atoms with E-state index in [1.165, 1.54) is 23.0 Å². The topological polar surface area (TPSA) is 78.7 Å². The van der Waals surface area contributed by atoms with Crippen LogP contribution in [0.3, 0.4) is 0 Å². The molecular formula is C25H24ClFN4O5S. The van der Waals surface area contributed by atoms with Crippen LogP contribution in [0.4, 0.5) is 20.6 Å². The zero-order chi connectivity index (χ0) is 26.3. The highest BCUT2D eigenvalue weighted by Crippen LogP contribution is 2.30. The summed E-state index contributed by atoms with van der Waals surface area (Å²) >= 11 is 11.1. The number of furan rings is 1. The van der Waals surface area contributed by atoms with Crippen molar-refractivity contribution in [3.63, 3.8) is 0 Å². The van der Waals surface area contributed by atoms with E-state index in [1.807, 2.05) is 4.90 Å². The predicted octanol–water partition coefficient (Wildman–Crippen LogP) is 4.33. The molecule has 3 aromatic rings. The summed E-state index contributed by atoms with van der Waals surface area (Å²) in [6, 6.07) is 11.5. The van der Waals surface area contributed by atoms with Gasteiger partial charge in [-0.15, -0.1) is 0 Å². The SMILES string of the molecule is COC(=S)N(C)[C@@H]1CN(c2ccc(N3CCN(C(=O)c4cc5cc(Cl)ccc5o4)CC3)c(F)c2)C(=O)O1. The van der Waals surface area contributed by atoms with Gasteiger partial charge in [0.15, 0.2) is 12.0 Å². The summed E-state index contributed by atoms with van der Waals surface area (Å²) in [7, 11) is 3.09. The number of thiocarbonyl (C=S) groups is 1. The molecule has 0 aliphatic carbocycles. The van der Waals surface area contributed by atoms with Crippen LogP contribution in [0.1, 0.15) is 10.6 Å². The molecule has 0 unspecified atom stereocenters. The number of hydrogen-bond donors (Lipinski definition) is 0. The fourth-order valence-corrected chi connectivity index (χ4v) is 4.77. The second-order valence-corrected chi connectivity index (χ2v) is 9.52. The summed E-state index contributed by atoms with van der Waals surface area (Å²) in [5, 5.41) is 1.51. The minimum atomic E-state index is -0.642.